The van der Waals surface area contributed by atoms with Gasteiger partial charge in [-0.2, -0.15) is 13.2 Å². The molecule has 0 saturated heterocycles. The Morgan fingerprint density at radius 1 is 1.38 bits per heavy atom. The second-order valence-electron chi connectivity index (χ2n) is 5.09. The van der Waals surface area contributed by atoms with E-state index in [2.05, 4.69) is 5.32 Å². The predicted octanol–water partition coefficient (Wildman–Crippen LogP) is 3.58. The maximum atomic E-state index is 12.8. The van der Waals surface area contributed by atoms with Crippen LogP contribution in [0.2, 0.25) is 0 Å². The molecule has 0 spiro atoms. The van der Waals surface area contributed by atoms with Crippen molar-refractivity contribution in [3.8, 4) is 0 Å². The van der Waals surface area contributed by atoms with Gasteiger partial charge in [0.1, 0.15) is 5.56 Å². The minimum absolute atomic E-state index is 0.0515. The van der Waals surface area contributed by atoms with Gasteiger partial charge in [-0.1, -0.05) is 13.3 Å². The number of aliphatic hydroxyl groups is 1. The molecule has 0 heterocycles. The van der Waals surface area contributed by atoms with E-state index in [0.717, 1.165) is 12.5 Å². The Kier molecular flexibility index (Phi) is 5.16. The van der Waals surface area contributed by atoms with Crippen molar-refractivity contribution in [3.63, 3.8) is 0 Å². The molecule has 0 aromatic heterocycles. The van der Waals surface area contributed by atoms with Crippen molar-refractivity contribution in [2.75, 3.05) is 11.9 Å². The first-order valence-electron chi connectivity index (χ1n) is 6.39. The molecule has 0 amide bonds. The molecular formula is C13H17F3N2O3. The van der Waals surface area contributed by atoms with E-state index in [9.17, 15) is 28.4 Å². The topological polar surface area (TPSA) is 75.4 Å². The predicted molar refractivity (Wildman–Crippen MR) is 72.1 cm³/mol. The second-order valence-corrected chi connectivity index (χ2v) is 5.09. The number of rotatable bonds is 6. The van der Waals surface area contributed by atoms with E-state index in [-0.39, 0.29) is 12.2 Å². The van der Waals surface area contributed by atoms with Gasteiger partial charge in [-0.25, -0.2) is 0 Å². The highest BCUT2D eigenvalue weighted by Gasteiger charge is 2.38. The van der Waals surface area contributed by atoms with Gasteiger partial charge in [-0.05, 0) is 25.5 Å². The van der Waals surface area contributed by atoms with E-state index in [1.54, 1.807) is 6.92 Å². The van der Waals surface area contributed by atoms with E-state index in [1.807, 2.05) is 6.92 Å². The van der Waals surface area contributed by atoms with Gasteiger partial charge in [0.15, 0.2) is 0 Å². The van der Waals surface area contributed by atoms with Gasteiger partial charge in [0, 0.05) is 18.3 Å². The quantitative estimate of drug-likeness (QED) is 0.622. The highest BCUT2D eigenvalue weighted by molar-refractivity contribution is 5.55. The highest BCUT2D eigenvalue weighted by Crippen LogP contribution is 2.37. The zero-order valence-corrected chi connectivity index (χ0v) is 11.7. The fourth-order valence-corrected chi connectivity index (χ4v) is 1.95. The molecule has 1 rings (SSSR count). The number of nitrogens with zero attached hydrogens (tertiary/aromatic N) is 1. The normalized spacial score (nSPS) is 14.6. The fourth-order valence-electron chi connectivity index (χ4n) is 1.95. The summed E-state index contributed by atoms with van der Waals surface area (Å²) < 4.78 is 38.4. The summed E-state index contributed by atoms with van der Waals surface area (Å²) in [6.45, 7) is 3.50. The standard InChI is InChI=1S/C13H17F3N2O3/c1-3-6-12(2,19)8-17-9-4-5-11(18(20)21)10(7-9)13(14,15)16/h4-5,7,17,19H,3,6,8H2,1-2H3. The van der Waals surface area contributed by atoms with Crippen LogP contribution in [-0.4, -0.2) is 22.2 Å². The van der Waals surface area contributed by atoms with E-state index in [0.29, 0.717) is 12.5 Å². The number of nitrogens with one attached hydrogen (secondary N) is 1. The maximum Gasteiger partial charge on any atom is 0.423 e. The monoisotopic (exact) mass is 306 g/mol. The minimum atomic E-state index is -4.81. The molecule has 21 heavy (non-hydrogen) atoms. The number of hydrogen-bond donors (Lipinski definition) is 2. The largest absolute Gasteiger partial charge is 0.423 e. The Balaban J connectivity index is 2.99. The van der Waals surface area contributed by atoms with Crippen molar-refractivity contribution >= 4 is 11.4 Å². The van der Waals surface area contributed by atoms with Crippen LogP contribution in [0.15, 0.2) is 18.2 Å². The third-order valence-electron chi connectivity index (χ3n) is 2.96. The average Bonchev–Trinajstić information content (AvgIpc) is 2.35. The Morgan fingerprint density at radius 2 is 2.00 bits per heavy atom. The second kappa shape index (κ2) is 6.30. The first-order chi connectivity index (χ1) is 9.57. The van der Waals surface area contributed by atoms with Crippen LogP contribution in [0.4, 0.5) is 24.5 Å². The van der Waals surface area contributed by atoms with Gasteiger partial charge in [0.25, 0.3) is 5.69 Å². The lowest BCUT2D eigenvalue weighted by atomic mass is 10.0. The lowest BCUT2D eigenvalue weighted by Gasteiger charge is -2.23. The van der Waals surface area contributed by atoms with Crippen molar-refractivity contribution in [1.82, 2.24) is 0 Å². The maximum absolute atomic E-state index is 12.8. The van der Waals surface area contributed by atoms with Gasteiger partial charge in [0.05, 0.1) is 10.5 Å². The zero-order valence-electron chi connectivity index (χ0n) is 11.7. The number of halogens is 3. The van der Waals surface area contributed by atoms with Crippen LogP contribution in [-0.2, 0) is 6.18 Å². The number of hydrogen-bond acceptors (Lipinski definition) is 4. The molecule has 5 nitrogen and oxygen atoms in total. The SMILES string of the molecule is CCCC(C)(O)CNc1ccc([N+](=O)[O-])c(C(F)(F)F)c1. The van der Waals surface area contributed by atoms with Gasteiger partial charge in [-0.3, -0.25) is 10.1 Å². The van der Waals surface area contributed by atoms with Crippen molar-refractivity contribution in [3.05, 3.63) is 33.9 Å². The molecule has 2 N–H and O–H groups in total. The molecule has 1 aromatic carbocycles. The molecule has 1 unspecified atom stereocenters. The average molecular weight is 306 g/mol. The molecule has 0 aliphatic heterocycles. The Bertz CT molecular complexity index is 516. The minimum Gasteiger partial charge on any atom is -0.388 e. The zero-order chi connectivity index (χ0) is 16.3. The molecular weight excluding hydrogens is 289 g/mol. The summed E-state index contributed by atoms with van der Waals surface area (Å²) >= 11 is 0. The van der Waals surface area contributed by atoms with Gasteiger partial charge < -0.3 is 10.4 Å². The number of benzene rings is 1. The van der Waals surface area contributed by atoms with Gasteiger partial charge in [-0.15, -0.1) is 0 Å². The molecule has 1 aromatic rings. The van der Waals surface area contributed by atoms with Crippen LogP contribution >= 0.6 is 0 Å². The Labute approximate surface area is 119 Å². The molecule has 8 heteroatoms. The third kappa shape index (κ3) is 4.89. The summed E-state index contributed by atoms with van der Waals surface area (Å²) in [4.78, 5) is 9.56. The summed E-state index contributed by atoms with van der Waals surface area (Å²) in [6.07, 6.45) is -3.60. The van der Waals surface area contributed by atoms with Crippen molar-refractivity contribution in [1.29, 1.82) is 0 Å². The van der Waals surface area contributed by atoms with E-state index in [4.69, 9.17) is 0 Å². The molecule has 0 saturated carbocycles. The molecule has 0 aliphatic rings. The van der Waals surface area contributed by atoms with Crippen molar-refractivity contribution < 1.29 is 23.2 Å². The number of alkyl halides is 3. The van der Waals surface area contributed by atoms with Gasteiger partial charge >= 0.3 is 6.18 Å². The molecule has 1 atom stereocenters. The van der Waals surface area contributed by atoms with E-state index < -0.39 is 28.0 Å². The molecule has 118 valence electrons. The first-order valence-corrected chi connectivity index (χ1v) is 6.39. The fraction of sp³-hybridized carbons (Fsp3) is 0.538. The van der Waals surface area contributed by atoms with Crippen LogP contribution < -0.4 is 5.32 Å². The lowest BCUT2D eigenvalue weighted by molar-refractivity contribution is -0.388. The Morgan fingerprint density at radius 3 is 2.48 bits per heavy atom. The van der Waals surface area contributed by atoms with Crippen molar-refractivity contribution in [2.24, 2.45) is 0 Å². The van der Waals surface area contributed by atoms with Crippen LogP contribution in [0, 0.1) is 10.1 Å². The number of nitro groups is 1. The smallest absolute Gasteiger partial charge is 0.388 e. The summed E-state index contributed by atoms with van der Waals surface area (Å²) in [5.41, 5.74) is -3.29. The summed E-state index contributed by atoms with van der Waals surface area (Å²) in [5, 5.41) is 23.3. The van der Waals surface area contributed by atoms with E-state index >= 15 is 0 Å². The first kappa shape index (κ1) is 17.2. The summed E-state index contributed by atoms with van der Waals surface area (Å²) in [7, 11) is 0. The molecule has 0 fully saturated rings. The molecule has 0 bridgehead atoms. The Hall–Kier alpha value is -1.83. The van der Waals surface area contributed by atoms with E-state index in [1.165, 1.54) is 6.07 Å². The van der Waals surface area contributed by atoms with Crippen molar-refractivity contribution in [2.45, 2.75) is 38.5 Å². The van der Waals surface area contributed by atoms with Gasteiger partial charge in [0.2, 0.25) is 0 Å². The van der Waals surface area contributed by atoms with Crippen LogP contribution in [0.25, 0.3) is 0 Å². The highest BCUT2D eigenvalue weighted by atomic mass is 19.4. The number of nitro benzene ring substituents is 1. The van der Waals surface area contributed by atoms with Crippen LogP contribution in [0.1, 0.15) is 32.3 Å². The third-order valence-corrected chi connectivity index (χ3v) is 2.96. The lowest BCUT2D eigenvalue weighted by Crippen LogP contribution is -2.33. The molecule has 0 aliphatic carbocycles. The number of anilines is 1. The van der Waals surface area contributed by atoms with Crippen LogP contribution in [0.3, 0.4) is 0 Å². The molecule has 0 radical (unpaired) electrons. The summed E-state index contributed by atoms with van der Waals surface area (Å²) in [6, 6.07) is 2.68. The summed E-state index contributed by atoms with van der Waals surface area (Å²) in [5.74, 6) is 0. The van der Waals surface area contributed by atoms with Crippen LogP contribution in [0.5, 0.6) is 0 Å².